The fourth-order valence-corrected chi connectivity index (χ4v) is 2.76. The van der Waals surface area contributed by atoms with Gasteiger partial charge in [0.2, 0.25) is 5.92 Å². The number of halogens is 2. The number of aromatic nitrogens is 3. The quantitative estimate of drug-likeness (QED) is 0.941. The van der Waals surface area contributed by atoms with Gasteiger partial charge in [0.25, 0.3) is 5.91 Å². The number of nitrogens with zero attached hydrogens (tertiary/aromatic N) is 3. The van der Waals surface area contributed by atoms with Crippen molar-refractivity contribution >= 4 is 11.6 Å². The van der Waals surface area contributed by atoms with E-state index in [9.17, 15) is 13.6 Å². The van der Waals surface area contributed by atoms with E-state index in [1.165, 1.54) is 10.7 Å². The van der Waals surface area contributed by atoms with Crippen LogP contribution in [-0.4, -0.2) is 33.0 Å². The van der Waals surface area contributed by atoms with Crippen LogP contribution in [-0.2, 0) is 0 Å². The Balaban J connectivity index is 1.55. The number of alkyl halides is 2. The smallest absolute Gasteiger partial charge is 0.256 e. The van der Waals surface area contributed by atoms with E-state index in [1.54, 1.807) is 18.5 Å². The summed E-state index contributed by atoms with van der Waals surface area (Å²) in [5.74, 6) is -2.81. The molecular weight excluding hydrogens is 278 g/mol. The first-order valence-corrected chi connectivity index (χ1v) is 6.99. The molecule has 2 aromatic rings. The van der Waals surface area contributed by atoms with Crippen LogP contribution >= 0.6 is 0 Å². The molecule has 0 saturated heterocycles. The fraction of sp³-hybridized carbons (Fsp3) is 0.500. The maximum absolute atomic E-state index is 13.1. The van der Waals surface area contributed by atoms with Crippen molar-refractivity contribution in [2.75, 3.05) is 6.54 Å². The molecule has 2 aromatic heterocycles. The average molecular weight is 294 g/mol. The minimum Gasteiger partial charge on any atom is -0.352 e. The first kappa shape index (κ1) is 13.9. The molecule has 0 aliphatic heterocycles. The molecule has 0 bridgehead atoms. The maximum atomic E-state index is 13.1. The van der Waals surface area contributed by atoms with Crippen molar-refractivity contribution in [1.29, 1.82) is 0 Å². The van der Waals surface area contributed by atoms with Gasteiger partial charge in [-0.3, -0.25) is 4.79 Å². The largest absolute Gasteiger partial charge is 0.352 e. The zero-order valence-electron chi connectivity index (χ0n) is 11.4. The first-order chi connectivity index (χ1) is 10.1. The number of carbonyl (C=O) groups is 1. The van der Waals surface area contributed by atoms with Crippen LogP contribution in [0.4, 0.5) is 8.78 Å². The molecule has 112 valence electrons. The number of rotatable bonds is 4. The van der Waals surface area contributed by atoms with Gasteiger partial charge in [-0.25, -0.2) is 18.3 Å². The minimum atomic E-state index is -2.53. The normalized spacial score (nSPS) is 20.8. The SMILES string of the molecule is O=C(NCCC1CCC(F)(F)C1)c1cnn2cccnc12. The maximum Gasteiger partial charge on any atom is 0.256 e. The van der Waals surface area contributed by atoms with Crippen LogP contribution in [0.15, 0.2) is 24.7 Å². The number of hydrogen-bond donors (Lipinski definition) is 1. The molecule has 3 rings (SSSR count). The van der Waals surface area contributed by atoms with Gasteiger partial charge in [-0.1, -0.05) is 0 Å². The Kier molecular flexibility index (Phi) is 3.57. The van der Waals surface area contributed by atoms with Crippen LogP contribution in [0.3, 0.4) is 0 Å². The number of fused-ring (bicyclic) bond motifs is 1. The summed E-state index contributed by atoms with van der Waals surface area (Å²) in [7, 11) is 0. The standard InChI is InChI=1S/C14H16F2N4O/c15-14(16)4-2-10(8-14)3-6-18-13(21)11-9-19-20-7-1-5-17-12(11)20/h1,5,7,9-10H,2-4,6,8H2,(H,18,21). The van der Waals surface area contributed by atoms with Gasteiger partial charge in [0.05, 0.1) is 6.20 Å². The van der Waals surface area contributed by atoms with Gasteiger partial charge in [-0.05, 0) is 24.8 Å². The molecule has 1 atom stereocenters. The van der Waals surface area contributed by atoms with Crippen molar-refractivity contribution in [3.05, 3.63) is 30.2 Å². The van der Waals surface area contributed by atoms with Crippen molar-refractivity contribution in [3.8, 4) is 0 Å². The number of hydrogen-bond acceptors (Lipinski definition) is 3. The van der Waals surface area contributed by atoms with Gasteiger partial charge in [-0.2, -0.15) is 5.10 Å². The lowest BCUT2D eigenvalue weighted by Gasteiger charge is -2.10. The molecule has 1 aliphatic carbocycles. The summed E-state index contributed by atoms with van der Waals surface area (Å²) < 4.78 is 27.7. The molecule has 1 aliphatic rings. The number of amides is 1. The van der Waals surface area contributed by atoms with Crippen LogP contribution in [0.1, 0.15) is 36.0 Å². The van der Waals surface area contributed by atoms with E-state index >= 15 is 0 Å². The van der Waals surface area contributed by atoms with Gasteiger partial charge in [0.1, 0.15) is 5.56 Å². The zero-order valence-corrected chi connectivity index (χ0v) is 11.4. The van der Waals surface area contributed by atoms with Crippen LogP contribution in [0, 0.1) is 5.92 Å². The first-order valence-electron chi connectivity index (χ1n) is 6.99. The van der Waals surface area contributed by atoms with E-state index in [2.05, 4.69) is 15.4 Å². The Morgan fingerprint density at radius 1 is 1.52 bits per heavy atom. The van der Waals surface area contributed by atoms with Gasteiger partial charge in [0.15, 0.2) is 5.65 Å². The van der Waals surface area contributed by atoms with Crippen LogP contribution in [0.2, 0.25) is 0 Å². The van der Waals surface area contributed by atoms with Crippen molar-refractivity contribution in [2.45, 2.75) is 31.6 Å². The molecule has 0 aromatic carbocycles. The Bertz CT molecular complexity index is 655. The van der Waals surface area contributed by atoms with E-state index in [1.807, 2.05) is 0 Å². The molecule has 1 unspecified atom stereocenters. The predicted octanol–water partition coefficient (Wildman–Crippen LogP) is 2.28. The van der Waals surface area contributed by atoms with Crippen molar-refractivity contribution < 1.29 is 13.6 Å². The number of carbonyl (C=O) groups excluding carboxylic acids is 1. The van der Waals surface area contributed by atoms with E-state index in [-0.39, 0.29) is 24.7 Å². The lowest BCUT2D eigenvalue weighted by Crippen LogP contribution is -2.26. The summed E-state index contributed by atoms with van der Waals surface area (Å²) in [6, 6.07) is 1.72. The Morgan fingerprint density at radius 3 is 3.14 bits per heavy atom. The Hall–Kier alpha value is -2.05. The highest BCUT2D eigenvalue weighted by molar-refractivity contribution is 5.99. The van der Waals surface area contributed by atoms with Gasteiger partial charge < -0.3 is 5.32 Å². The molecule has 2 heterocycles. The summed E-state index contributed by atoms with van der Waals surface area (Å²) in [5, 5.41) is 6.79. The van der Waals surface area contributed by atoms with Gasteiger partial charge in [-0.15, -0.1) is 0 Å². The van der Waals surface area contributed by atoms with Crippen molar-refractivity contribution in [1.82, 2.24) is 19.9 Å². The average Bonchev–Trinajstić information content (AvgIpc) is 3.02. The second-order valence-electron chi connectivity index (χ2n) is 5.46. The number of nitrogens with one attached hydrogen (secondary N) is 1. The second-order valence-corrected chi connectivity index (χ2v) is 5.46. The summed E-state index contributed by atoms with van der Waals surface area (Å²) in [6.07, 6.45) is 5.76. The third kappa shape index (κ3) is 3.01. The summed E-state index contributed by atoms with van der Waals surface area (Å²) in [5.41, 5.74) is 0.884. The molecule has 1 amide bonds. The lowest BCUT2D eigenvalue weighted by atomic mass is 10.0. The monoisotopic (exact) mass is 294 g/mol. The summed E-state index contributed by atoms with van der Waals surface area (Å²) >= 11 is 0. The lowest BCUT2D eigenvalue weighted by molar-refractivity contribution is 0.00478. The van der Waals surface area contributed by atoms with E-state index < -0.39 is 5.92 Å². The highest BCUT2D eigenvalue weighted by atomic mass is 19.3. The minimum absolute atomic E-state index is 0.0117. The molecule has 1 fully saturated rings. The Morgan fingerprint density at radius 2 is 2.38 bits per heavy atom. The van der Waals surface area contributed by atoms with Crippen molar-refractivity contribution in [2.24, 2.45) is 5.92 Å². The van der Waals surface area contributed by atoms with E-state index in [4.69, 9.17) is 0 Å². The molecule has 5 nitrogen and oxygen atoms in total. The molecule has 7 heteroatoms. The third-order valence-electron chi connectivity index (χ3n) is 3.87. The fourth-order valence-electron chi connectivity index (χ4n) is 2.76. The molecule has 0 radical (unpaired) electrons. The van der Waals surface area contributed by atoms with Crippen LogP contribution in [0.25, 0.3) is 5.65 Å². The van der Waals surface area contributed by atoms with Gasteiger partial charge in [0, 0.05) is 31.8 Å². The molecular formula is C14H16F2N4O. The molecule has 0 spiro atoms. The van der Waals surface area contributed by atoms with Gasteiger partial charge >= 0.3 is 0 Å². The van der Waals surface area contributed by atoms with Crippen molar-refractivity contribution in [3.63, 3.8) is 0 Å². The second kappa shape index (κ2) is 5.38. The predicted molar refractivity (Wildman–Crippen MR) is 72.2 cm³/mol. The topological polar surface area (TPSA) is 59.3 Å². The summed E-state index contributed by atoms with van der Waals surface area (Å²) in [4.78, 5) is 16.2. The van der Waals surface area contributed by atoms with E-state index in [0.29, 0.717) is 30.6 Å². The zero-order chi connectivity index (χ0) is 14.9. The highest BCUT2D eigenvalue weighted by Gasteiger charge is 2.38. The third-order valence-corrected chi connectivity index (χ3v) is 3.87. The molecule has 21 heavy (non-hydrogen) atoms. The Labute approximate surface area is 120 Å². The molecule has 1 N–H and O–H groups in total. The molecule has 1 saturated carbocycles. The van der Waals surface area contributed by atoms with Crippen LogP contribution in [0.5, 0.6) is 0 Å². The summed E-state index contributed by atoms with van der Waals surface area (Å²) in [6.45, 7) is 0.393. The van der Waals surface area contributed by atoms with E-state index in [0.717, 1.165) is 0 Å². The van der Waals surface area contributed by atoms with Crippen LogP contribution < -0.4 is 5.32 Å². The highest BCUT2D eigenvalue weighted by Crippen LogP contribution is 2.40.